The number of amides is 1. The molecule has 20 heavy (non-hydrogen) atoms. The van der Waals surface area contributed by atoms with Crippen LogP contribution in [0.4, 0.5) is 11.4 Å². The molecule has 3 rings (SSSR count). The molecule has 1 N–H and O–H groups in total. The average molecular weight is 266 g/mol. The van der Waals surface area contributed by atoms with Gasteiger partial charge in [0.1, 0.15) is 0 Å². The number of nitrogens with one attached hydrogen (secondary N) is 1. The molecule has 0 bridgehead atoms. The van der Waals surface area contributed by atoms with E-state index in [4.69, 9.17) is 0 Å². The lowest BCUT2D eigenvalue weighted by molar-refractivity contribution is -0.119. The highest BCUT2D eigenvalue weighted by atomic mass is 16.2. The summed E-state index contributed by atoms with van der Waals surface area (Å²) in [5.41, 5.74) is 1.83. The summed E-state index contributed by atoms with van der Waals surface area (Å²) in [5.74, 6) is 0.125. The molecular weight excluding hydrogens is 248 g/mol. The van der Waals surface area contributed by atoms with Crippen LogP contribution < -0.4 is 10.2 Å². The molecule has 1 aliphatic rings. The van der Waals surface area contributed by atoms with E-state index in [2.05, 4.69) is 5.32 Å². The number of anilines is 2. The van der Waals surface area contributed by atoms with E-state index in [-0.39, 0.29) is 11.9 Å². The smallest absolute Gasteiger partial charge is 0.248 e. The van der Waals surface area contributed by atoms with Gasteiger partial charge < -0.3 is 5.32 Å². The molecule has 0 aromatic heterocycles. The molecule has 0 saturated carbocycles. The average Bonchev–Trinajstić information content (AvgIpc) is 3.04. The third kappa shape index (κ3) is 2.58. The van der Waals surface area contributed by atoms with Crippen LogP contribution in [0.25, 0.3) is 0 Å². The summed E-state index contributed by atoms with van der Waals surface area (Å²) in [6.45, 7) is 0.924. The van der Waals surface area contributed by atoms with Crippen LogP contribution >= 0.6 is 0 Å². The van der Waals surface area contributed by atoms with Gasteiger partial charge in [0.15, 0.2) is 0 Å². The molecule has 1 aliphatic heterocycles. The Balaban J connectivity index is 1.97. The van der Waals surface area contributed by atoms with Crippen molar-refractivity contribution < 1.29 is 4.79 Å². The van der Waals surface area contributed by atoms with Crippen LogP contribution in [0.3, 0.4) is 0 Å². The second kappa shape index (κ2) is 5.88. The van der Waals surface area contributed by atoms with Gasteiger partial charge in [0.25, 0.3) is 0 Å². The van der Waals surface area contributed by atoms with Gasteiger partial charge >= 0.3 is 0 Å². The molecule has 0 radical (unpaired) electrons. The fourth-order valence-electron chi connectivity index (χ4n) is 2.61. The van der Waals surface area contributed by atoms with Crippen molar-refractivity contribution in [3.8, 4) is 0 Å². The first-order valence-corrected chi connectivity index (χ1v) is 7.04. The quantitative estimate of drug-likeness (QED) is 0.925. The minimum Gasteiger partial charge on any atom is -0.306 e. The maximum atomic E-state index is 12.8. The first kappa shape index (κ1) is 12.9. The van der Waals surface area contributed by atoms with Gasteiger partial charge in [-0.2, -0.15) is 0 Å². The van der Waals surface area contributed by atoms with Crippen LogP contribution in [0.15, 0.2) is 60.7 Å². The third-order valence-corrected chi connectivity index (χ3v) is 3.61. The van der Waals surface area contributed by atoms with Gasteiger partial charge in [0, 0.05) is 11.4 Å². The number of hydrogen-bond acceptors (Lipinski definition) is 2. The second-order valence-electron chi connectivity index (χ2n) is 4.99. The van der Waals surface area contributed by atoms with Gasteiger partial charge in [-0.3, -0.25) is 9.69 Å². The van der Waals surface area contributed by atoms with Gasteiger partial charge in [-0.05, 0) is 43.7 Å². The largest absolute Gasteiger partial charge is 0.306 e. The molecule has 1 heterocycles. The van der Waals surface area contributed by atoms with Gasteiger partial charge in [0.05, 0.1) is 6.04 Å². The van der Waals surface area contributed by atoms with E-state index in [1.807, 2.05) is 65.6 Å². The fraction of sp³-hybridized carbons (Fsp3) is 0.235. The summed E-state index contributed by atoms with van der Waals surface area (Å²) < 4.78 is 0. The van der Waals surface area contributed by atoms with E-state index in [9.17, 15) is 4.79 Å². The zero-order chi connectivity index (χ0) is 13.8. The summed E-state index contributed by atoms with van der Waals surface area (Å²) in [4.78, 5) is 14.6. The highest BCUT2D eigenvalue weighted by Crippen LogP contribution is 2.27. The lowest BCUT2D eigenvalue weighted by atomic mass is 10.1. The standard InChI is InChI=1S/C17H18N2O/c20-17(16-12-7-13-18-16)19(14-8-3-1-4-9-14)15-10-5-2-6-11-15/h1-6,8-11,16,18H,7,12-13H2/t16-/m1/s1. The van der Waals surface area contributed by atoms with Gasteiger partial charge in [-0.15, -0.1) is 0 Å². The van der Waals surface area contributed by atoms with Gasteiger partial charge in [0.2, 0.25) is 5.91 Å². The number of hydrogen-bond donors (Lipinski definition) is 1. The normalized spacial score (nSPS) is 17.9. The molecular formula is C17H18N2O. The predicted octanol–water partition coefficient (Wildman–Crippen LogP) is 3.10. The summed E-state index contributed by atoms with van der Waals surface area (Å²) >= 11 is 0. The Morgan fingerprint density at radius 1 is 0.950 bits per heavy atom. The molecule has 0 unspecified atom stereocenters. The minimum atomic E-state index is -0.0737. The monoisotopic (exact) mass is 266 g/mol. The molecule has 3 heteroatoms. The van der Waals surface area contributed by atoms with E-state index >= 15 is 0 Å². The Morgan fingerprint density at radius 3 is 1.95 bits per heavy atom. The second-order valence-corrected chi connectivity index (χ2v) is 4.99. The van der Waals surface area contributed by atoms with E-state index in [0.29, 0.717) is 0 Å². The van der Waals surface area contributed by atoms with E-state index in [1.165, 1.54) is 0 Å². The lowest BCUT2D eigenvalue weighted by Gasteiger charge is -2.26. The number of nitrogens with zero attached hydrogens (tertiary/aromatic N) is 1. The summed E-state index contributed by atoms with van der Waals surface area (Å²) in [6.07, 6.45) is 1.98. The van der Waals surface area contributed by atoms with Crippen molar-refractivity contribution in [2.45, 2.75) is 18.9 Å². The molecule has 1 amide bonds. The van der Waals surface area contributed by atoms with Crippen LogP contribution in [0, 0.1) is 0 Å². The maximum absolute atomic E-state index is 12.8. The summed E-state index contributed by atoms with van der Waals surface area (Å²) in [5, 5.41) is 3.29. The van der Waals surface area contributed by atoms with Crippen LogP contribution in [0.2, 0.25) is 0 Å². The lowest BCUT2D eigenvalue weighted by Crippen LogP contribution is -2.41. The van der Waals surface area contributed by atoms with Crippen LogP contribution in [0.5, 0.6) is 0 Å². The number of para-hydroxylation sites is 2. The Morgan fingerprint density at radius 2 is 1.50 bits per heavy atom. The van der Waals surface area contributed by atoms with Gasteiger partial charge in [-0.1, -0.05) is 36.4 Å². The number of benzene rings is 2. The molecule has 102 valence electrons. The molecule has 1 atom stereocenters. The SMILES string of the molecule is O=C([C@H]1CCCN1)N(c1ccccc1)c1ccccc1. The molecule has 0 spiro atoms. The van der Waals surface area contributed by atoms with Crippen molar-refractivity contribution in [1.82, 2.24) is 5.32 Å². The number of carbonyl (C=O) groups is 1. The number of carbonyl (C=O) groups excluding carboxylic acids is 1. The molecule has 3 nitrogen and oxygen atoms in total. The van der Waals surface area contributed by atoms with Gasteiger partial charge in [-0.25, -0.2) is 0 Å². The van der Waals surface area contributed by atoms with Crippen molar-refractivity contribution in [2.24, 2.45) is 0 Å². The molecule has 0 aliphatic carbocycles. The molecule has 2 aromatic carbocycles. The van der Waals surface area contributed by atoms with Crippen molar-refractivity contribution >= 4 is 17.3 Å². The van der Waals surface area contributed by atoms with Crippen LogP contribution in [-0.4, -0.2) is 18.5 Å². The highest BCUT2D eigenvalue weighted by molar-refractivity contribution is 6.03. The van der Waals surface area contributed by atoms with Crippen molar-refractivity contribution in [3.63, 3.8) is 0 Å². The van der Waals surface area contributed by atoms with E-state index in [1.54, 1.807) is 0 Å². The first-order chi connectivity index (χ1) is 9.86. The zero-order valence-corrected chi connectivity index (χ0v) is 11.3. The Labute approximate surface area is 119 Å². The van der Waals surface area contributed by atoms with Crippen molar-refractivity contribution in [1.29, 1.82) is 0 Å². The maximum Gasteiger partial charge on any atom is 0.248 e. The highest BCUT2D eigenvalue weighted by Gasteiger charge is 2.28. The van der Waals surface area contributed by atoms with Crippen LogP contribution in [0.1, 0.15) is 12.8 Å². The first-order valence-electron chi connectivity index (χ1n) is 7.04. The molecule has 2 aromatic rings. The zero-order valence-electron chi connectivity index (χ0n) is 11.3. The number of rotatable bonds is 3. The Hall–Kier alpha value is -2.13. The summed E-state index contributed by atoms with van der Waals surface area (Å²) in [7, 11) is 0. The molecule has 1 fully saturated rings. The van der Waals surface area contributed by atoms with E-state index < -0.39 is 0 Å². The van der Waals surface area contributed by atoms with E-state index in [0.717, 1.165) is 30.8 Å². The summed E-state index contributed by atoms with van der Waals surface area (Å²) in [6, 6.07) is 19.6. The predicted molar refractivity (Wildman–Crippen MR) is 81.1 cm³/mol. The topological polar surface area (TPSA) is 32.3 Å². The fourth-order valence-corrected chi connectivity index (χ4v) is 2.61. The molecule has 1 saturated heterocycles. The van der Waals surface area contributed by atoms with Crippen molar-refractivity contribution in [2.75, 3.05) is 11.4 Å². The van der Waals surface area contributed by atoms with Crippen LogP contribution in [-0.2, 0) is 4.79 Å². The Bertz CT molecular complexity index is 523. The third-order valence-electron chi connectivity index (χ3n) is 3.61. The Kier molecular flexibility index (Phi) is 3.79. The minimum absolute atomic E-state index is 0.0737. The van der Waals surface area contributed by atoms with Crippen molar-refractivity contribution in [3.05, 3.63) is 60.7 Å².